The first-order valence-corrected chi connectivity index (χ1v) is 10.1. The van der Waals surface area contributed by atoms with Gasteiger partial charge in [0, 0.05) is 36.6 Å². The molecule has 31 heavy (non-hydrogen) atoms. The number of carbonyl (C=O) groups excluding carboxylic acids is 1. The number of carbonyl (C=O) groups is 1. The number of nitrogens with one attached hydrogen (secondary N) is 1. The molecule has 1 aromatic carbocycles. The predicted molar refractivity (Wildman–Crippen MR) is 116 cm³/mol. The SMILES string of the molecule is CNc1ncc(-c2nc3cccc(CCC#N)c3o2)c2cc(C3(C(N)=O)CC3)ncc12. The summed E-state index contributed by atoms with van der Waals surface area (Å²) in [6.07, 6.45) is 5.82. The number of hydrogen-bond donors (Lipinski definition) is 2. The Morgan fingerprint density at radius 2 is 2.13 bits per heavy atom. The Balaban J connectivity index is 1.71. The minimum atomic E-state index is -0.694. The quantitative estimate of drug-likeness (QED) is 0.496. The first kappa shape index (κ1) is 19.0. The third-order valence-corrected chi connectivity index (χ3v) is 5.95. The number of pyridine rings is 2. The van der Waals surface area contributed by atoms with Crippen LogP contribution in [0.5, 0.6) is 0 Å². The summed E-state index contributed by atoms with van der Waals surface area (Å²) in [4.78, 5) is 25.8. The van der Waals surface area contributed by atoms with Crippen molar-refractivity contribution >= 4 is 33.6 Å². The van der Waals surface area contributed by atoms with Crippen LogP contribution in [0.2, 0.25) is 0 Å². The fraction of sp³-hybridized carbons (Fsp3) is 0.261. The molecular formula is C23H20N6O2. The Morgan fingerprint density at radius 3 is 2.84 bits per heavy atom. The van der Waals surface area contributed by atoms with Gasteiger partial charge < -0.3 is 15.5 Å². The molecular weight excluding hydrogens is 392 g/mol. The fourth-order valence-electron chi connectivity index (χ4n) is 4.03. The van der Waals surface area contributed by atoms with E-state index in [1.54, 1.807) is 19.4 Å². The number of nitrogens with two attached hydrogens (primary N) is 1. The van der Waals surface area contributed by atoms with Crippen LogP contribution in [0.15, 0.2) is 41.1 Å². The van der Waals surface area contributed by atoms with E-state index in [4.69, 9.17) is 15.4 Å². The molecule has 0 atom stereocenters. The van der Waals surface area contributed by atoms with Crippen LogP contribution in [-0.2, 0) is 16.6 Å². The zero-order valence-corrected chi connectivity index (χ0v) is 17.0. The second-order valence-corrected chi connectivity index (χ2v) is 7.77. The standard InChI is InChI=1S/C23H20N6O2/c1-26-20-15-11-27-18(23(7-8-23)22(25)30)10-14(15)16(12-28-20)21-29-17-6-2-4-13(5-3-9-24)19(17)31-21/h2,4,6,10-12H,3,5,7-8H2,1H3,(H2,25,30)(H,26,28). The molecule has 3 heterocycles. The second kappa shape index (κ2) is 7.06. The number of rotatable bonds is 6. The zero-order valence-electron chi connectivity index (χ0n) is 17.0. The summed E-state index contributed by atoms with van der Waals surface area (Å²) in [5, 5.41) is 13.7. The monoisotopic (exact) mass is 412 g/mol. The Bertz CT molecular complexity index is 1380. The number of amides is 1. The number of fused-ring (bicyclic) bond motifs is 2. The van der Waals surface area contributed by atoms with Crippen molar-refractivity contribution < 1.29 is 9.21 Å². The average Bonchev–Trinajstić information content (AvgIpc) is 3.49. The summed E-state index contributed by atoms with van der Waals surface area (Å²) in [6.45, 7) is 0. The number of oxazole rings is 1. The number of nitriles is 1. The van der Waals surface area contributed by atoms with Crippen LogP contribution in [0.1, 0.15) is 30.5 Å². The highest BCUT2D eigenvalue weighted by atomic mass is 16.3. The molecule has 1 amide bonds. The Morgan fingerprint density at radius 1 is 1.29 bits per heavy atom. The van der Waals surface area contributed by atoms with Gasteiger partial charge in [0.15, 0.2) is 5.58 Å². The van der Waals surface area contributed by atoms with Gasteiger partial charge in [0.05, 0.1) is 22.7 Å². The lowest BCUT2D eigenvalue weighted by Gasteiger charge is -2.13. The van der Waals surface area contributed by atoms with E-state index in [1.807, 2.05) is 24.3 Å². The summed E-state index contributed by atoms with van der Waals surface area (Å²) in [6, 6.07) is 9.81. The van der Waals surface area contributed by atoms with Crippen LogP contribution in [0.3, 0.4) is 0 Å². The van der Waals surface area contributed by atoms with Crippen molar-refractivity contribution in [1.82, 2.24) is 15.0 Å². The van der Waals surface area contributed by atoms with Gasteiger partial charge in [-0.25, -0.2) is 9.97 Å². The predicted octanol–water partition coefficient (Wildman–Crippen LogP) is 3.45. The highest BCUT2D eigenvalue weighted by molar-refractivity contribution is 6.02. The van der Waals surface area contributed by atoms with Crippen LogP contribution in [0.25, 0.3) is 33.3 Å². The van der Waals surface area contributed by atoms with E-state index in [0.717, 1.165) is 21.9 Å². The van der Waals surface area contributed by atoms with E-state index in [2.05, 4.69) is 26.3 Å². The molecule has 0 aliphatic heterocycles. The number of aromatic nitrogens is 3. The van der Waals surface area contributed by atoms with Gasteiger partial charge in [0.1, 0.15) is 11.3 Å². The molecule has 0 radical (unpaired) electrons. The molecule has 0 unspecified atom stereocenters. The number of nitrogens with zero attached hydrogens (tertiary/aromatic N) is 4. The Hall–Kier alpha value is -3.99. The lowest BCUT2D eigenvalue weighted by Crippen LogP contribution is -2.29. The molecule has 3 aromatic heterocycles. The van der Waals surface area contributed by atoms with Gasteiger partial charge in [-0.15, -0.1) is 0 Å². The molecule has 0 bridgehead atoms. The zero-order chi connectivity index (χ0) is 21.6. The maximum absolute atomic E-state index is 12.0. The summed E-state index contributed by atoms with van der Waals surface area (Å²) in [5.41, 5.74) is 8.67. The average molecular weight is 412 g/mol. The topological polar surface area (TPSA) is 131 Å². The largest absolute Gasteiger partial charge is 0.436 e. The Kier molecular flexibility index (Phi) is 4.33. The van der Waals surface area contributed by atoms with Crippen LogP contribution < -0.4 is 11.1 Å². The van der Waals surface area contributed by atoms with Gasteiger partial charge >= 0.3 is 0 Å². The molecule has 0 saturated heterocycles. The number of benzene rings is 1. The van der Waals surface area contributed by atoms with Crippen LogP contribution in [0.4, 0.5) is 5.82 Å². The molecule has 3 N–H and O–H groups in total. The number of anilines is 1. The van der Waals surface area contributed by atoms with Gasteiger partial charge in [-0.05, 0) is 37.0 Å². The van der Waals surface area contributed by atoms with E-state index < -0.39 is 5.41 Å². The molecule has 8 heteroatoms. The summed E-state index contributed by atoms with van der Waals surface area (Å²) in [7, 11) is 1.79. The van der Waals surface area contributed by atoms with Crippen molar-refractivity contribution in [2.75, 3.05) is 12.4 Å². The van der Waals surface area contributed by atoms with Gasteiger partial charge in [-0.1, -0.05) is 12.1 Å². The lowest BCUT2D eigenvalue weighted by molar-refractivity contribution is -0.120. The van der Waals surface area contributed by atoms with Gasteiger partial charge in [-0.2, -0.15) is 5.26 Å². The maximum Gasteiger partial charge on any atom is 0.229 e. The maximum atomic E-state index is 12.0. The number of para-hydroxylation sites is 1. The third kappa shape index (κ3) is 2.97. The van der Waals surface area contributed by atoms with Crippen molar-refractivity contribution in [3.63, 3.8) is 0 Å². The van der Waals surface area contributed by atoms with Crippen LogP contribution in [-0.4, -0.2) is 27.9 Å². The minimum Gasteiger partial charge on any atom is -0.436 e. The smallest absolute Gasteiger partial charge is 0.229 e. The molecule has 1 fully saturated rings. The first-order valence-electron chi connectivity index (χ1n) is 10.1. The van der Waals surface area contributed by atoms with E-state index in [-0.39, 0.29) is 5.91 Å². The van der Waals surface area contributed by atoms with Gasteiger partial charge in [-0.3, -0.25) is 9.78 Å². The molecule has 5 rings (SSSR count). The molecule has 1 aliphatic rings. The first-order chi connectivity index (χ1) is 15.1. The highest BCUT2D eigenvalue weighted by Crippen LogP contribution is 2.48. The van der Waals surface area contributed by atoms with Gasteiger partial charge in [0.25, 0.3) is 0 Å². The molecule has 1 aliphatic carbocycles. The number of primary amides is 1. The summed E-state index contributed by atoms with van der Waals surface area (Å²) < 4.78 is 6.16. The highest BCUT2D eigenvalue weighted by Gasteiger charge is 2.51. The third-order valence-electron chi connectivity index (χ3n) is 5.95. The number of aryl methyl sites for hydroxylation is 1. The lowest BCUT2D eigenvalue weighted by atomic mass is 9.98. The van der Waals surface area contributed by atoms with E-state index >= 15 is 0 Å². The Labute approximate surface area is 178 Å². The molecule has 1 saturated carbocycles. The van der Waals surface area contributed by atoms with Crippen molar-refractivity contribution in [2.45, 2.75) is 31.1 Å². The molecule has 154 valence electrons. The van der Waals surface area contributed by atoms with Crippen LogP contribution in [0, 0.1) is 11.3 Å². The van der Waals surface area contributed by atoms with Crippen LogP contribution >= 0.6 is 0 Å². The van der Waals surface area contributed by atoms with Crippen molar-refractivity contribution in [1.29, 1.82) is 5.26 Å². The van der Waals surface area contributed by atoms with Crippen molar-refractivity contribution in [3.8, 4) is 17.5 Å². The summed E-state index contributed by atoms with van der Waals surface area (Å²) in [5.74, 6) is 0.751. The molecule has 0 spiro atoms. The van der Waals surface area contributed by atoms with E-state index in [0.29, 0.717) is 54.2 Å². The minimum absolute atomic E-state index is 0.354. The van der Waals surface area contributed by atoms with E-state index in [9.17, 15) is 4.79 Å². The normalized spacial score (nSPS) is 14.5. The number of hydrogen-bond acceptors (Lipinski definition) is 7. The summed E-state index contributed by atoms with van der Waals surface area (Å²) >= 11 is 0. The van der Waals surface area contributed by atoms with Crippen molar-refractivity contribution in [3.05, 3.63) is 47.9 Å². The molecule has 4 aromatic rings. The van der Waals surface area contributed by atoms with Crippen molar-refractivity contribution in [2.24, 2.45) is 5.73 Å². The fourth-order valence-corrected chi connectivity index (χ4v) is 4.03. The molecule has 8 nitrogen and oxygen atoms in total. The van der Waals surface area contributed by atoms with Gasteiger partial charge in [0.2, 0.25) is 11.8 Å². The van der Waals surface area contributed by atoms with E-state index in [1.165, 1.54) is 0 Å². The second-order valence-electron chi connectivity index (χ2n) is 7.77.